The average Bonchev–Trinajstić information content (AvgIpc) is 3.40. The second kappa shape index (κ2) is 10.3. The molecule has 1 heterocycles. The largest absolute Gasteiger partial charge is 0.349 e. The van der Waals surface area contributed by atoms with Crippen LogP contribution < -0.4 is 0 Å². The van der Waals surface area contributed by atoms with Gasteiger partial charge in [0.25, 0.3) is 0 Å². The third-order valence-electron chi connectivity index (χ3n) is 7.25. The third kappa shape index (κ3) is 5.07. The fourth-order valence-electron chi connectivity index (χ4n) is 5.96. The molecule has 1 saturated carbocycles. The van der Waals surface area contributed by atoms with Gasteiger partial charge in [-0.05, 0) is 65.5 Å². The van der Waals surface area contributed by atoms with Crippen molar-refractivity contribution in [1.29, 1.82) is 0 Å². The maximum atomic E-state index is 6.35. The monoisotopic (exact) mass is 486 g/mol. The molecule has 0 amide bonds. The van der Waals surface area contributed by atoms with Gasteiger partial charge in [-0.3, -0.25) is 0 Å². The first kappa shape index (κ1) is 24.5. The zero-order chi connectivity index (χ0) is 22.0. The number of hydrogen-bond donors (Lipinski definition) is 0. The van der Waals surface area contributed by atoms with Crippen molar-refractivity contribution in [1.82, 2.24) is 0 Å². The van der Waals surface area contributed by atoms with Crippen molar-refractivity contribution in [3.63, 3.8) is 0 Å². The maximum Gasteiger partial charge on any atom is 0.176 e. The number of ether oxygens (including phenoxy) is 2. The normalized spacial score (nSPS) is 24.4. The second-order valence-corrected chi connectivity index (χ2v) is 10.1. The van der Waals surface area contributed by atoms with Gasteiger partial charge < -0.3 is 9.47 Å². The van der Waals surface area contributed by atoms with Crippen molar-refractivity contribution in [2.75, 3.05) is 13.2 Å². The van der Waals surface area contributed by atoms with E-state index in [-0.39, 0.29) is 22.2 Å². The number of allylic oxidation sites excluding steroid dienone is 8. The van der Waals surface area contributed by atoms with Crippen LogP contribution in [0, 0.1) is 11.8 Å². The van der Waals surface area contributed by atoms with E-state index in [0.29, 0.717) is 0 Å². The van der Waals surface area contributed by atoms with E-state index in [1.807, 2.05) is 30.7 Å². The average molecular weight is 487 g/mol. The predicted molar refractivity (Wildman–Crippen MR) is 132 cm³/mol. The Morgan fingerprint density at radius 2 is 1.39 bits per heavy atom. The summed E-state index contributed by atoms with van der Waals surface area (Å²) in [6.07, 6.45) is 20.4. The predicted octanol–water partition coefficient (Wildman–Crippen LogP) is 7.52. The quantitative estimate of drug-likeness (QED) is 0.409. The van der Waals surface area contributed by atoms with Gasteiger partial charge in [-0.2, -0.15) is 0 Å². The molecule has 6 rings (SSSR count). The molecular weight excluding hydrogens is 451 g/mol. The van der Waals surface area contributed by atoms with Crippen LogP contribution in [0.2, 0.25) is 0 Å². The van der Waals surface area contributed by atoms with Crippen LogP contribution in [0.3, 0.4) is 0 Å². The van der Waals surface area contributed by atoms with Gasteiger partial charge in [0.15, 0.2) is 5.79 Å². The summed E-state index contributed by atoms with van der Waals surface area (Å²) in [6.45, 7) is 6.41. The molecule has 1 aromatic rings. The van der Waals surface area contributed by atoms with E-state index in [0.717, 1.165) is 32.5 Å². The molecule has 2 radical (unpaired) electrons. The minimum Gasteiger partial charge on any atom is -0.349 e. The molecule has 0 atom stereocenters. The Balaban J connectivity index is 0.000000385. The van der Waals surface area contributed by atoms with Gasteiger partial charge in [-0.25, -0.2) is 0 Å². The molecule has 4 aliphatic carbocycles. The first-order valence-electron chi connectivity index (χ1n) is 12.3. The summed E-state index contributed by atoms with van der Waals surface area (Å²) in [6, 6.07) is 10.9. The molecule has 2 nitrogen and oxygen atoms in total. The van der Waals surface area contributed by atoms with Gasteiger partial charge in [0.2, 0.25) is 0 Å². The molecule has 3 heteroatoms. The summed E-state index contributed by atoms with van der Waals surface area (Å²) in [7, 11) is 0. The molecule has 1 spiro atoms. The summed E-state index contributed by atoms with van der Waals surface area (Å²) in [5.41, 5.74) is 9.07. The van der Waals surface area contributed by atoms with Gasteiger partial charge >= 0.3 is 0 Å². The molecule has 1 aliphatic heterocycles. The minimum atomic E-state index is -0.467. The van der Waals surface area contributed by atoms with Crippen LogP contribution in [-0.4, -0.2) is 19.0 Å². The Morgan fingerprint density at radius 3 is 2.06 bits per heavy atom. The molecule has 0 aromatic heterocycles. The van der Waals surface area contributed by atoms with Crippen molar-refractivity contribution < 1.29 is 26.3 Å². The number of hydrogen-bond acceptors (Lipinski definition) is 2. The van der Waals surface area contributed by atoms with Gasteiger partial charge in [0.05, 0.1) is 13.2 Å². The van der Waals surface area contributed by atoms with Gasteiger partial charge in [0, 0.05) is 41.5 Å². The Morgan fingerprint density at radius 1 is 0.727 bits per heavy atom. The van der Waals surface area contributed by atoms with Crippen LogP contribution >= 0.6 is 0 Å². The number of benzene rings is 1. The van der Waals surface area contributed by atoms with Crippen molar-refractivity contribution >= 4 is 5.57 Å². The zero-order valence-corrected chi connectivity index (χ0v) is 20.9. The van der Waals surface area contributed by atoms with E-state index in [4.69, 9.17) is 9.47 Å². The van der Waals surface area contributed by atoms with Crippen molar-refractivity contribution in [3.8, 4) is 0 Å². The number of fused-ring (bicyclic) bond motifs is 2. The van der Waals surface area contributed by atoms with Crippen LogP contribution in [0.1, 0.15) is 64.4 Å². The molecule has 33 heavy (non-hydrogen) atoms. The fourth-order valence-corrected chi connectivity index (χ4v) is 5.96. The van der Waals surface area contributed by atoms with Crippen molar-refractivity contribution in [2.45, 2.75) is 64.6 Å². The van der Waals surface area contributed by atoms with Crippen LogP contribution in [0.15, 0.2) is 83.0 Å². The number of rotatable bonds is 1. The maximum absolute atomic E-state index is 6.35. The summed E-state index contributed by atoms with van der Waals surface area (Å²) in [5, 5.41) is 0. The van der Waals surface area contributed by atoms with E-state index in [2.05, 4.69) is 50.3 Å². The van der Waals surface area contributed by atoms with Crippen LogP contribution in [0.4, 0.5) is 0 Å². The van der Waals surface area contributed by atoms with Crippen LogP contribution in [-0.2, 0) is 26.3 Å². The van der Waals surface area contributed by atoms with Gasteiger partial charge in [-0.15, -0.1) is 0 Å². The standard InChI is InChI=1S/C25H30O2.C5H5.Co/c1-24(2)15-19-11-6-7-12-20(19)22-17-25(26-13-8-14-27-25)16-21(23(22)24)18-9-4-3-5-10-18;1-2-4-5-3-1;/h3-5,9-10,15H,6-8,11-14,16-17H2,1-2H3;1-5H;. The van der Waals surface area contributed by atoms with E-state index in [9.17, 15) is 0 Å². The third-order valence-corrected chi connectivity index (χ3v) is 7.25. The smallest absolute Gasteiger partial charge is 0.176 e. The van der Waals surface area contributed by atoms with E-state index < -0.39 is 5.79 Å². The fraction of sp³-hybridized carbons (Fsp3) is 0.433. The van der Waals surface area contributed by atoms with E-state index >= 15 is 0 Å². The SMILES string of the molecule is CC1(C)C=C2CCCCC2=C2CC3(CC(c4ccccc4)=C21)OCCCO3.[CH]1C=CC=C1.[Co]. The zero-order valence-electron chi connectivity index (χ0n) is 19.9. The Bertz CT molecular complexity index is 991. The molecule has 1 saturated heterocycles. The topological polar surface area (TPSA) is 18.5 Å². The van der Waals surface area contributed by atoms with Gasteiger partial charge in [-0.1, -0.05) is 74.6 Å². The van der Waals surface area contributed by atoms with Crippen molar-refractivity contribution in [3.05, 3.63) is 95.0 Å². The molecule has 0 bridgehead atoms. The first-order valence-corrected chi connectivity index (χ1v) is 12.3. The van der Waals surface area contributed by atoms with Crippen LogP contribution in [0.5, 0.6) is 0 Å². The first-order chi connectivity index (χ1) is 15.6. The van der Waals surface area contributed by atoms with Gasteiger partial charge in [0.1, 0.15) is 0 Å². The summed E-state index contributed by atoms with van der Waals surface area (Å²) < 4.78 is 12.7. The summed E-state index contributed by atoms with van der Waals surface area (Å²) >= 11 is 0. The molecule has 2 fully saturated rings. The molecule has 5 aliphatic rings. The summed E-state index contributed by atoms with van der Waals surface area (Å²) in [5.74, 6) is -0.467. The van der Waals surface area contributed by atoms with Crippen molar-refractivity contribution in [2.24, 2.45) is 5.41 Å². The van der Waals surface area contributed by atoms with E-state index in [1.54, 1.807) is 11.1 Å². The Labute approximate surface area is 209 Å². The summed E-state index contributed by atoms with van der Waals surface area (Å²) in [4.78, 5) is 0. The second-order valence-electron chi connectivity index (χ2n) is 10.1. The molecular formula is C30H35CoO2. The Hall–Kier alpha value is -1.65. The molecule has 0 N–H and O–H groups in total. The molecule has 176 valence electrons. The molecule has 0 unspecified atom stereocenters. The minimum absolute atomic E-state index is 0. The van der Waals surface area contributed by atoms with E-state index in [1.165, 1.54) is 48.0 Å². The Kier molecular flexibility index (Phi) is 7.65. The molecule has 1 aromatic carbocycles. The van der Waals surface area contributed by atoms with Crippen LogP contribution in [0.25, 0.3) is 5.57 Å².